The quantitative estimate of drug-likeness (QED) is 0.785. The minimum absolute atomic E-state index is 0.335. The molecule has 0 heterocycles. The van der Waals surface area contributed by atoms with E-state index in [1.165, 1.54) is 10.9 Å². The molecule has 0 radical (unpaired) electrons. The number of nitrogens with two attached hydrogens (primary N) is 1. The Kier molecular flexibility index (Phi) is 6.41. The maximum atomic E-state index is 5.63. The zero-order chi connectivity index (χ0) is 8.91. The Bertz CT molecular complexity index is 109. The molecule has 0 fully saturated rings. The van der Waals surface area contributed by atoms with Crippen LogP contribution in [0.2, 0.25) is 9.38 Å². The first-order valence-corrected chi connectivity index (χ1v) is 16.4. The molecule has 11 heavy (non-hydrogen) atoms. The molecule has 0 rings (SSSR count). The monoisotopic (exact) mass is 331 g/mol. The Morgan fingerprint density at radius 2 is 2.18 bits per heavy atom. The summed E-state index contributed by atoms with van der Waals surface area (Å²) in [5, 5.41) is 0. The average molecular weight is 331 g/mol. The molecule has 0 saturated heterocycles. The second-order valence-electron chi connectivity index (χ2n) is 3.18. The number of hydrogen-bond donors (Lipinski definition) is 1. The summed E-state index contributed by atoms with van der Waals surface area (Å²) in [5.41, 5.74) is 5.63. The van der Waals surface area contributed by atoms with E-state index in [1.807, 2.05) is 6.92 Å². The molecule has 0 spiro atoms. The summed E-state index contributed by atoms with van der Waals surface area (Å²) >= 11 is 1.51. The molecule has 0 aromatic heterocycles. The second-order valence-corrected chi connectivity index (χ2v) is 23.3. The molecule has 0 bridgehead atoms. The van der Waals surface area contributed by atoms with Crippen LogP contribution >= 0.6 is 12.7 Å². The van der Waals surface area contributed by atoms with Gasteiger partial charge in [-0.25, -0.2) is 0 Å². The summed E-state index contributed by atoms with van der Waals surface area (Å²) in [6.07, 6.45) is 2.31. The predicted molar refractivity (Wildman–Crippen MR) is 55.2 cm³/mol. The molecule has 2 atom stereocenters. The van der Waals surface area contributed by atoms with Crippen molar-refractivity contribution < 1.29 is 3.07 Å². The standard InChI is InChI=1S/C5H12N.CH3O.CH3.BrH.Sn/c1-3-4-5(2)6;1-2;;;/h5H,1,3-4,6H2,2H3;1H3;1H3;1H;/q;-1;;;+2/p-1. The van der Waals surface area contributed by atoms with E-state index < -0.39 is 16.6 Å². The van der Waals surface area contributed by atoms with Gasteiger partial charge >= 0.3 is 80.4 Å². The van der Waals surface area contributed by atoms with Crippen molar-refractivity contribution in [2.24, 2.45) is 5.73 Å². The number of hydrogen-bond acceptors (Lipinski definition) is 2. The molecular weight excluding hydrogens is 313 g/mol. The van der Waals surface area contributed by atoms with Gasteiger partial charge in [-0.3, -0.25) is 0 Å². The predicted octanol–water partition coefficient (Wildman–Crippen LogP) is 2.23. The third-order valence-corrected chi connectivity index (χ3v) is 12.5. The van der Waals surface area contributed by atoms with E-state index in [0.29, 0.717) is 6.04 Å². The van der Waals surface area contributed by atoms with E-state index in [4.69, 9.17) is 8.81 Å². The molecule has 4 heteroatoms. The van der Waals surface area contributed by atoms with E-state index in [-0.39, 0.29) is 0 Å². The van der Waals surface area contributed by atoms with Gasteiger partial charge in [-0.15, -0.1) is 0 Å². The van der Waals surface area contributed by atoms with Crippen LogP contribution in [0.25, 0.3) is 0 Å². The second kappa shape index (κ2) is 5.78. The first-order valence-electron chi connectivity index (χ1n) is 3.97. The fraction of sp³-hybridized carbons (Fsp3) is 1.00. The van der Waals surface area contributed by atoms with Gasteiger partial charge in [0.05, 0.1) is 0 Å². The Labute approximate surface area is 80.0 Å². The van der Waals surface area contributed by atoms with Crippen LogP contribution in [0.3, 0.4) is 0 Å². The van der Waals surface area contributed by atoms with Gasteiger partial charge in [0, 0.05) is 0 Å². The zero-order valence-corrected chi connectivity index (χ0v) is 12.0. The van der Waals surface area contributed by atoms with Crippen molar-refractivity contribution in [3.05, 3.63) is 0 Å². The normalized spacial score (nSPS) is 19.4. The van der Waals surface area contributed by atoms with Crippen molar-refractivity contribution in [1.82, 2.24) is 0 Å². The van der Waals surface area contributed by atoms with Crippen molar-refractivity contribution in [2.75, 3.05) is 7.11 Å². The first kappa shape index (κ1) is 12.2. The van der Waals surface area contributed by atoms with Crippen LogP contribution in [0, 0.1) is 0 Å². The van der Waals surface area contributed by atoms with Crippen LogP contribution in [-0.4, -0.2) is 29.7 Å². The van der Waals surface area contributed by atoms with Crippen LogP contribution < -0.4 is 5.73 Å². The van der Waals surface area contributed by atoms with Crippen LogP contribution in [0.4, 0.5) is 0 Å². The molecule has 2 nitrogen and oxygen atoms in total. The molecule has 2 N–H and O–H groups in total. The maximum absolute atomic E-state index is 5.63. The van der Waals surface area contributed by atoms with E-state index in [9.17, 15) is 0 Å². The number of rotatable bonds is 5. The van der Waals surface area contributed by atoms with E-state index in [1.54, 1.807) is 7.11 Å². The van der Waals surface area contributed by atoms with Crippen molar-refractivity contribution >= 4 is 29.3 Å². The topological polar surface area (TPSA) is 35.2 Å². The van der Waals surface area contributed by atoms with Gasteiger partial charge in [0.1, 0.15) is 0 Å². The summed E-state index contributed by atoms with van der Waals surface area (Å²) in [7, 11) is 1.80. The summed E-state index contributed by atoms with van der Waals surface area (Å²) in [6.45, 7) is 2.05. The summed E-state index contributed by atoms with van der Waals surface area (Å²) in [5.74, 6) is 0. The molecule has 0 saturated carbocycles. The zero-order valence-electron chi connectivity index (χ0n) is 7.56. The van der Waals surface area contributed by atoms with Crippen molar-refractivity contribution in [3.63, 3.8) is 0 Å². The van der Waals surface area contributed by atoms with E-state index in [2.05, 4.69) is 17.6 Å². The van der Waals surface area contributed by atoms with Gasteiger partial charge in [-0.2, -0.15) is 0 Å². The fourth-order valence-electron chi connectivity index (χ4n) is 0.842. The van der Waals surface area contributed by atoms with Gasteiger partial charge in [-0.05, 0) is 0 Å². The van der Waals surface area contributed by atoms with Gasteiger partial charge in [0.2, 0.25) is 0 Å². The molecule has 0 amide bonds. The van der Waals surface area contributed by atoms with Crippen LogP contribution in [0.15, 0.2) is 0 Å². The average Bonchev–Trinajstić information content (AvgIpc) is 1.87. The fourth-order valence-corrected chi connectivity index (χ4v) is 5.69. The summed E-state index contributed by atoms with van der Waals surface area (Å²) in [6, 6.07) is 0.335. The van der Waals surface area contributed by atoms with E-state index >= 15 is 0 Å². The van der Waals surface area contributed by atoms with Gasteiger partial charge < -0.3 is 0 Å². The van der Waals surface area contributed by atoms with Gasteiger partial charge in [0.15, 0.2) is 0 Å². The first-order chi connectivity index (χ1) is 4.98. The third kappa shape index (κ3) is 7.56. The minimum atomic E-state index is -2.16. The molecule has 0 aromatic carbocycles. The van der Waals surface area contributed by atoms with Crippen LogP contribution in [0.5, 0.6) is 0 Å². The summed E-state index contributed by atoms with van der Waals surface area (Å²) < 4.78 is 6.62. The van der Waals surface area contributed by atoms with Gasteiger partial charge in [0.25, 0.3) is 0 Å². The Hall–Kier alpha value is 1.20. The van der Waals surface area contributed by atoms with Crippen LogP contribution in [0.1, 0.15) is 19.8 Å². The molecule has 0 aliphatic carbocycles. The third-order valence-electron chi connectivity index (χ3n) is 1.71. The van der Waals surface area contributed by atoms with Crippen molar-refractivity contribution in [1.29, 1.82) is 0 Å². The molecule has 68 valence electrons. The molecule has 0 aliphatic rings. The molecule has 0 aliphatic heterocycles. The van der Waals surface area contributed by atoms with Crippen LogP contribution in [-0.2, 0) is 3.07 Å². The summed E-state index contributed by atoms with van der Waals surface area (Å²) in [4.78, 5) is 2.23. The van der Waals surface area contributed by atoms with Crippen molar-refractivity contribution in [3.8, 4) is 0 Å². The Morgan fingerprint density at radius 3 is 2.55 bits per heavy atom. The van der Waals surface area contributed by atoms with Crippen molar-refractivity contribution in [2.45, 2.75) is 35.2 Å². The Morgan fingerprint density at radius 1 is 1.64 bits per heavy atom. The Balaban J connectivity index is 3.38. The molecular formula is C7H18BrNOSn. The number of halogens is 1. The SMILES string of the molecule is C[O][Sn]([CH3])([Br])[CH2]CCC(C)N. The molecule has 2 unspecified atom stereocenters. The van der Waals surface area contributed by atoms with E-state index in [0.717, 1.165) is 6.42 Å². The van der Waals surface area contributed by atoms with Gasteiger partial charge in [-0.1, -0.05) is 0 Å². The molecule has 0 aromatic rings.